The summed E-state index contributed by atoms with van der Waals surface area (Å²) in [5.74, 6) is -1.23. The molecule has 1 rings (SSSR count). The van der Waals surface area contributed by atoms with E-state index in [2.05, 4.69) is 9.47 Å². The maximum absolute atomic E-state index is 12.5. The zero-order valence-corrected chi connectivity index (χ0v) is 13.0. The van der Waals surface area contributed by atoms with E-state index in [0.717, 1.165) is 0 Å². The van der Waals surface area contributed by atoms with Gasteiger partial charge in [-0.1, -0.05) is 12.1 Å². The molecule has 0 bridgehead atoms. The van der Waals surface area contributed by atoms with Crippen molar-refractivity contribution >= 4 is 17.7 Å². The van der Waals surface area contributed by atoms with Crippen LogP contribution in [0.3, 0.4) is 0 Å². The molecule has 6 nitrogen and oxygen atoms in total. The van der Waals surface area contributed by atoms with Crippen molar-refractivity contribution in [2.24, 2.45) is 5.92 Å². The molecule has 0 aliphatic heterocycles. The van der Waals surface area contributed by atoms with Crippen molar-refractivity contribution < 1.29 is 28.6 Å². The van der Waals surface area contributed by atoms with Crippen LogP contribution in [0, 0.1) is 5.92 Å². The number of ether oxygens (including phenoxy) is 3. The van der Waals surface area contributed by atoms with Crippen LogP contribution in [0.5, 0.6) is 5.75 Å². The molecule has 0 unspecified atom stereocenters. The Morgan fingerprint density at radius 3 is 2.32 bits per heavy atom. The summed E-state index contributed by atoms with van der Waals surface area (Å²) in [6, 6.07) is 6.67. The van der Waals surface area contributed by atoms with E-state index >= 15 is 0 Å². The Labute approximate surface area is 129 Å². The van der Waals surface area contributed by atoms with E-state index in [0.29, 0.717) is 11.3 Å². The van der Waals surface area contributed by atoms with E-state index in [9.17, 15) is 14.4 Å². The highest BCUT2D eigenvalue weighted by Crippen LogP contribution is 2.22. The van der Waals surface area contributed by atoms with Gasteiger partial charge in [-0.15, -0.1) is 0 Å². The molecule has 0 N–H and O–H groups in total. The largest absolute Gasteiger partial charge is 0.497 e. The molecule has 0 fully saturated rings. The van der Waals surface area contributed by atoms with E-state index in [-0.39, 0.29) is 25.0 Å². The number of Topliss-reactive ketones (excluding diaryl/α,β-unsaturated/α-hetero) is 1. The van der Waals surface area contributed by atoms with Gasteiger partial charge in [0.25, 0.3) is 0 Å². The molecule has 0 aliphatic rings. The molecule has 0 radical (unpaired) electrons. The number of esters is 2. The quantitative estimate of drug-likeness (QED) is 0.540. The third-order valence-corrected chi connectivity index (χ3v) is 3.29. The Morgan fingerprint density at radius 1 is 1.05 bits per heavy atom. The summed E-state index contributed by atoms with van der Waals surface area (Å²) in [6.45, 7) is 0. The van der Waals surface area contributed by atoms with E-state index in [1.165, 1.54) is 21.3 Å². The summed E-state index contributed by atoms with van der Waals surface area (Å²) >= 11 is 0. The molecule has 1 atom stereocenters. The number of methoxy groups -OCH3 is 3. The lowest BCUT2D eigenvalue weighted by Crippen LogP contribution is -2.21. The molecule has 0 heterocycles. The lowest BCUT2D eigenvalue weighted by molar-refractivity contribution is -0.143. The fourth-order valence-corrected chi connectivity index (χ4v) is 2.02. The minimum Gasteiger partial charge on any atom is -0.497 e. The number of benzene rings is 1. The molecule has 1 aromatic carbocycles. The maximum atomic E-state index is 12.5. The molecule has 0 spiro atoms. The number of carbonyl (C=O) groups is 3. The standard InChI is InChI=1S/C16H20O6/c1-20-13-6-4-5-11(9-13)16(19)12(10-15(18)22-3)7-8-14(17)21-2/h4-6,9,12H,7-8,10H2,1-3H3/t12-/m0/s1. The van der Waals surface area contributed by atoms with E-state index in [4.69, 9.17) is 4.74 Å². The average Bonchev–Trinajstić information content (AvgIpc) is 2.57. The van der Waals surface area contributed by atoms with Gasteiger partial charge in [0.15, 0.2) is 5.78 Å². The van der Waals surface area contributed by atoms with E-state index in [1.807, 2.05) is 0 Å². The highest BCUT2D eigenvalue weighted by Gasteiger charge is 2.25. The molecule has 120 valence electrons. The van der Waals surface area contributed by atoms with E-state index in [1.54, 1.807) is 24.3 Å². The summed E-state index contributed by atoms with van der Waals surface area (Å²) < 4.78 is 14.3. The summed E-state index contributed by atoms with van der Waals surface area (Å²) in [5.41, 5.74) is 0.429. The van der Waals surface area contributed by atoms with Crippen LogP contribution in [0.2, 0.25) is 0 Å². The fraction of sp³-hybridized carbons (Fsp3) is 0.438. The van der Waals surface area contributed by atoms with Gasteiger partial charge in [-0.05, 0) is 18.6 Å². The fourth-order valence-electron chi connectivity index (χ4n) is 2.02. The van der Waals surface area contributed by atoms with Crippen LogP contribution >= 0.6 is 0 Å². The second kappa shape index (κ2) is 8.81. The van der Waals surface area contributed by atoms with Crippen molar-refractivity contribution in [3.63, 3.8) is 0 Å². The number of hydrogen-bond acceptors (Lipinski definition) is 6. The first kappa shape index (κ1) is 17.7. The molecule has 0 amide bonds. The molecule has 1 aromatic rings. The van der Waals surface area contributed by atoms with Crippen molar-refractivity contribution in [2.45, 2.75) is 19.3 Å². The maximum Gasteiger partial charge on any atom is 0.306 e. The SMILES string of the molecule is COC(=O)CC[C@@H](CC(=O)OC)C(=O)c1cccc(OC)c1. The second-order valence-electron chi connectivity index (χ2n) is 4.69. The zero-order chi connectivity index (χ0) is 16.5. The first-order valence-corrected chi connectivity index (χ1v) is 6.83. The minimum atomic E-state index is -0.640. The smallest absolute Gasteiger partial charge is 0.306 e. The van der Waals surface area contributed by atoms with Gasteiger partial charge in [0.1, 0.15) is 5.75 Å². The van der Waals surface area contributed by atoms with Crippen molar-refractivity contribution in [1.29, 1.82) is 0 Å². The van der Waals surface area contributed by atoms with Crippen LogP contribution in [-0.4, -0.2) is 39.1 Å². The highest BCUT2D eigenvalue weighted by molar-refractivity contribution is 5.99. The summed E-state index contributed by atoms with van der Waals surface area (Å²) in [6.07, 6.45) is 0.204. The van der Waals surface area contributed by atoms with Gasteiger partial charge >= 0.3 is 11.9 Å². The zero-order valence-electron chi connectivity index (χ0n) is 13.0. The molecule has 0 saturated heterocycles. The van der Waals surface area contributed by atoms with Crippen LogP contribution < -0.4 is 4.74 Å². The third-order valence-electron chi connectivity index (χ3n) is 3.29. The van der Waals surface area contributed by atoms with Crippen LogP contribution in [0.4, 0.5) is 0 Å². The first-order valence-electron chi connectivity index (χ1n) is 6.83. The predicted octanol–water partition coefficient (Wildman–Crippen LogP) is 2.01. The van der Waals surface area contributed by atoms with Gasteiger partial charge in [-0.3, -0.25) is 14.4 Å². The average molecular weight is 308 g/mol. The second-order valence-corrected chi connectivity index (χ2v) is 4.69. The third kappa shape index (κ3) is 5.20. The number of ketones is 1. The van der Waals surface area contributed by atoms with Crippen molar-refractivity contribution in [3.8, 4) is 5.75 Å². The van der Waals surface area contributed by atoms with Crippen molar-refractivity contribution in [2.75, 3.05) is 21.3 Å². The number of carbonyl (C=O) groups excluding carboxylic acids is 3. The molecule has 0 saturated carbocycles. The minimum absolute atomic E-state index is 0.0634. The Hall–Kier alpha value is -2.37. The predicted molar refractivity (Wildman–Crippen MR) is 78.7 cm³/mol. The Balaban J connectivity index is 2.89. The van der Waals surface area contributed by atoms with Crippen molar-refractivity contribution in [3.05, 3.63) is 29.8 Å². The van der Waals surface area contributed by atoms with Crippen molar-refractivity contribution in [1.82, 2.24) is 0 Å². The van der Waals surface area contributed by atoms with Crippen LogP contribution in [-0.2, 0) is 19.1 Å². The normalized spacial score (nSPS) is 11.4. The number of hydrogen-bond donors (Lipinski definition) is 0. The molecular weight excluding hydrogens is 288 g/mol. The summed E-state index contributed by atoms with van der Waals surface area (Å²) in [7, 11) is 4.05. The Morgan fingerprint density at radius 2 is 1.73 bits per heavy atom. The summed E-state index contributed by atoms with van der Waals surface area (Å²) in [5, 5.41) is 0. The molecule has 0 aliphatic carbocycles. The molecular formula is C16H20O6. The highest BCUT2D eigenvalue weighted by atomic mass is 16.5. The Bertz CT molecular complexity index is 537. The lowest BCUT2D eigenvalue weighted by atomic mass is 9.90. The molecule has 22 heavy (non-hydrogen) atoms. The van der Waals surface area contributed by atoms with Gasteiger partial charge in [0.05, 0.1) is 27.8 Å². The topological polar surface area (TPSA) is 78.9 Å². The molecule has 6 heteroatoms. The van der Waals surface area contributed by atoms with Gasteiger partial charge in [0.2, 0.25) is 0 Å². The van der Waals surface area contributed by atoms with Crippen LogP contribution in [0.25, 0.3) is 0 Å². The monoisotopic (exact) mass is 308 g/mol. The van der Waals surface area contributed by atoms with Crippen LogP contribution in [0.1, 0.15) is 29.6 Å². The van der Waals surface area contributed by atoms with Gasteiger partial charge in [-0.2, -0.15) is 0 Å². The Kier molecular flexibility index (Phi) is 7.08. The first-order chi connectivity index (χ1) is 10.5. The lowest BCUT2D eigenvalue weighted by Gasteiger charge is -2.14. The van der Waals surface area contributed by atoms with Gasteiger partial charge in [-0.25, -0.2) is 0 Å². The van der Waals surface area contributed by atoms with Crippen LogP contribution in [0.15, 0.2) is 24.3 Å². The number of rotatable bonds is 8. The van der Waals surface area contributed by atoms with Gasteiger partial charge < -0.3 is 14.2 Å². The molecule has 0 aromatic heterocycles. The van der Waals surface area contributed by atoms with Gasteiger partial charge in [0, 0.05) is 17.9 Å². The van der Waals surface area contributed by atoms with E-state index < -0.39 is 17.9 Å². The summed E-state index contributed by atoms with van der Waals surface area (Å²) in [4.78, 5) is 35.3.